The Bertz CT molecular complexity index is 768. The normalized spacial score (nSPS) is 22.4. The Kier molecular flexibility index (Phi) is 7.21. The molecular formula is C20H28N4O5. The number of ether oxygens (including phenoxy) is 1. The van der Waals surface area contributed by atoms with Crippen molar-refractivity contribution in [2.24, 2.45) is 0 Å². The summed E-state index contributed by atoms with van der Waals surface area (Å²) in [5.41, 5.74) is 0.0188. The Morgan fingerprint density at radius 1 is 1.38 bits per heavy atom. The number of aromatic amines is 1. The minimum atomic E-state index is -1.36. The Morgan fingerprint density at radius 2 is 2.17 bits per heavy atom. The molecule has 3 rings (SSSR count). The summed E-state index contributed by atoms with van der Waals surface area (Å²) in [5.74, 6) is 0.384. The molecule has 29 heavy (non-hydrogen) atoms. The molecule has 5 N–H and O–H groups in total. The van der Waals surface area contributed by atoms with Crippen LogP contribution in [0.15, 0.2) is 36.8 Å². The zero-order valence-electron chi connectivity index (χ0n) is 16.3. The number of nitrogens with zero attached hydrogens (tertiary/aromatic N) is 2. The second kappa shape index (κ2) is 9.84. The van der Waals surface area contributed by atoms with Gasteiger partial charge in [-0.05, 0) is 24.1 Å². The van der Waals surface area contributed by atoms with Gasteiger partial charge in [-0.1, -0.05) is 12.1 Å². The van der Waals surface area contributed by atoms with Crippen LogP contribution in [-0.2, 0) is 6.54 Å². The molecule has 1 aliphatic rings. The summed E-state index contributed by atoms with van der Waals surface area (Å²) in [6, 6.07) is 7.70. The number of aliphatic hydroxyl groups is 3. The van der Waals surface area contributed by atoms with Crippen molar-refractivity contribution in [3.63, 3.8) is 0 Å². The van der Waals surface area contributed by atoms with Crippen LogP contribution in [0, 0.1) is 0 Å². The van der Waals surface area contributed by atoms with E-state index in [0.29, 0.717) is 44.8 Å². The third-order valence-electron chi connectivity index (χ3n) is 5.11. The summed E-state index contributed by atoms with van der Waals surface area (Å²) in [5, 5.41) is 32.7. The number of benzene rings is 1. The van der Waals surface area contributed by atoms with Crippen molar-refractivity contribution < 1.29 is 24.9 Å². The number of nitrogens with one attached hydrogen (secondary N) is 2. The number of hydrogen-bond acceptors (Lipinski definition) is 7. The number of likely N-dealkylation sites (tertiary alicyclic amines) is 1. The van der Waals surface area contributed by atoms with Crippen molar-refractivity contribution in [2.75, 3.05) is 32.8 Å². The molecule has 9 nitrogen and oxygen atoms in total. The lowest BCUT2D eigenvalue weighted by Crippen LogP contribution is -2.60. The van der Waals surface area contributed by atoms with E-state index in [9.17, 15) is 15.0 Å². The molecule has 0 spiro atoms. The largest absolute Gasteiger partial charge is 0.494 e. The van der Waals surface area contributed by atoms with E-state index in [4.69, 9.17) is 9.84 Å². The van der Waals surface area contributed by atoms with E-state index in [2.05, 4.69) is 20.2 Å². The number of carbonyl (C=O) groups excluding carboxylic acids is 1. The molecule has 0 aliphatic carbocycles. The first-order valence-electron chi connectivity index (χ1n) is 9.72. The standard InChI is InChI=1S/C20H28N4O5/c25-8-1-9-29-16-4-2-15(3-5-16)11-24-7-6-20(28,18(26)12-24)13-22-19(27)17-10-21-14-23-17/h2-5,10,14,18,25-26,28H,1,6-9,11-13H2,(H,21,23)(H,22,27)/t18-,20-/m1/s1. The number of amides is 1. The summed E-state index contributed by atoms with van der Waals surface area (Å²) in [7, 11) is 0. The Morgan fingerprint density at radius 3 is 2.83 bits per heavy atom. The zero-order chi connectivity index (χ0) is 20.7. The van der Waals surface area contributed by atoms with Crippen LogP contribution in [0.25, 0.3) is 0 Å². The van der Waals surface area contributed by atoms with Crippen LogP contribution in [-0.4, -0.2) is 80.6 Å². The van der Waals surface area contributed by atoms with Gasteiger partial charge in [0.1, 0.15) is 17.0 Å². The maximum Gasteiger partial charge on any atom is 0.269 e. The molecule has 9 heteroatoms. The molecule has 0 unspecified atom stereocenters. The van der Waals surface area contributed by atoms with E-state index in [0.717, 1.165) is 11.3 Å². The van der Waals surface area contributed by atoms with Gasteiger partial charge < -0.3 is 30.4 Å². The van der Waals surface area contributed by atoms with Crippen LogP contribution >= 0.6 is 0 Å². The van der Waals surface area contributed by atoms with E-state index in [1.807, 2.05) is 24.3 Å². The molecule has 1 fully saturated rings. The monoisotopic (exact) mass is 404 g/mol. The first kappa shape index (κ1) is 21.3. The van der Waals surface area contributed by atoms with E-state index >= 15 is 0 Å². The van der Waals surface area contributed by atoms with Gasteiger partial charge in [0.2, 0.25) is 0 Å². The summed E-state index contributed by atoms with van der Waals surface area (Å²) < 4.78 is 5.52. The second-order valence-corrected chi connectivity index (χ2v) is 7.32. The Hall–Kier alpha value is -2.46. The number of H-pyrrole nitrogens is 1. The molecule has 1 aromatic carbocycles. The van der Waals surface area contributed by atoms with Crippen molar-refractivity contribution >= 4 is 5.91 Å². The molecular weight excluding hydrogens is 376 g/mol. The maximum atomic E-state index is 12.0. The molecule has 1 amide bonds. The lowest BCUT2D eigenvalue weighted by atomic mass is 9.88. The number of aromatic nitrogens is 2. The number of aliphatic hydroxyl groups excluding tert-OH is 2. The molecule has 158 valence electrons. The molecule has 1 saturated heterocycles. The predicted molar refractivity (Wildman–Crippen MR) is 105 cm³/mol. The molecule has 1 aromatic heterocycles. The van der Waals surface area contributed by atoms with Gasteiger partial charge in [-0.2, -0.15) is 0 Å². The molecule has 0 bridgehead atoms. The minimum absolute atomic E-state index is 0.0280. The van der Waals surface area contributed by atoms with E-state index in [-0.39, 0.29) is 19.1 Å². The summed E-state index contributed by atoms with van der Waals surface area (Å²) >= 11 is 0. The first-order valence-corrected chi connectivity index (χ1v) is 9.72. The van der Waals surface area contributed by atoms with Gasteiger partial charge in [0, 0.05) is 39.2 Å². The molecule has 0 radical (unpaired) electrons. The van der Waals surface area contributed by atoms with Crippen LogP contribution in [0.5, 0.6) is 5.75 Å². The number of rotatable bonds is 9. The lowest BCUT2D eigenvalue weighted by molar-refractivity contribution is -0.116. The quantitative estimate of drug-likeness (QED) is 0.369. The fraction of sp³-hybridized carbons (Fsp3) is 0.500. The van der Waals surface area contributed by atoms with Gasteiger partial charge >= 0.3 is 0 Å². The van der Waals surface area contributed by atoms with Crippen LogP contribution in [0.4, 0.5) is 0 Å². The fourth-order valence-corrected chi connectivity index (χ4v) is 3.29. The molecule has 2 aromatic rings. The third-order valence-corrected chi connectivity index (χ3v) is 5.11. The second-order valence-electron chi connectivity index (χ2n) is 7.32. The molecule has 0 saturated carbocycles. The van der Waals surface area contributed by atoms with Gasteiger partial charge in [0.25, 0.3) is 5.91 Å². The van der Waals surface area contributed by atoms with Crippen LogP contribution in [0.2, 0.25) is 0 Å². The topological polar surface area (TPSA) is 131 Å². The number of β-amino-alcohol motifs (C(OH)–C–C–N with tert-alkyl or cyclic N) is 1. The highest BCUT2D eigenvalue weighted by molar-refractivity contribution is 5.91. The average Bonchev–Trinajstić information content (AvgIpc) is 3.26. The van der Waals surface area contributed by atoms with Gasteiger partial charge in [-0.3, -0.25) is 9.69 Å². The number of carbonyl (C=O) groups is 1. The predicted octanol–water partition coefficient (Wildman–Crippen LogP) is -0.101. The van der Waals surface area contributed by atoms with Crippen molar-refractivity contribution in [1.29, 1.82) is 0 Å². The van der Waals surface area contributed by atoms with Crippen LogP contribution in [0.1, 0.15) is 28.9 Å². The van der Waals surface area contributed by atoms with E-state index in [1.54, 1.807) is 0 Å². The van der Waals surface area contributed by atoms with Crippen molar-refractivity contribution in [2.45, 2.75) is 31.1 Å². The van der Waals surface area contributed by atoms with Gasteiger partial charge in [0.15, 0.2) is 0 Å². The highest BCUT2D eigenvalue weighted by Crippen LogP contribution is 2.24. The van der Waals surface area contributed by atoms with Crippen molar-refractivity contribution in [3.05, 3.63) is 48.0 Å². The number of imidazole rings is 1. The average molecular weight is 404 g/mol. The van der Waals surface area contributed by atoms with Gasteiger partial charge in [-0.15, -0.1) is 0 Å². The molecule has 2 heterocycles. The summed E-state index contributed by atoms with van der Waals surface area (Å²) in [4.78, 5) is 20.6. The summed E-state index contributed by atoms with van der Waals surface area (Å²) in [6.07, 6.45) is 2.78. The lowest BCUT2D eigenvalue weighted by Gasteiger charge is -2.42. The Balaban J connectivity index is 1.47. The first-order chi connectivity index (χ1) is 14.0. The van der Waals surface area contributed by atoms with Gasteiger partial charge in [-0.25, -0.2) is 4.98 Å². The van der Waals surface area contributed by atoms with E-state index < -0.39 is 11.7 Å². The van der Waals surface area contributed by atoms with Gasteiger partial charge in [0.05, 0.1) is 25.2 Å². The highest BCUT2D eigenvalue weighted by atomic mass is 16.5. The fourth-order valence-electron chi connectivity index (χ4n) is 3.29. The van der Waals surface area contributed by atoms with Crippen molar-refractivity contribution in [3.8, 4) is 5.75 Å². The Labute approximate surface area is 169 Å². The third kappa shape index (κ3) is 5.77. The van der Waals surface area contributed by atoms with Crippen LogP contribution < -0.4 is 10.1 Å². The molecule has 1 aliphatic heterocycles. The maximum absolute atomic E-state index is 12.0. The van der Waals surface area contributed by atoms with Crippen molar-refractivity contribution in [1.82, 2.24) is 20.2 Å². The smallest absolute Gasteiger partial charge is 0.269 e. The SMILES string of the molecule is O=C(NC[C@]1(O)CCN(Cc2ccc(OCCCO)cc2)C[C@H]1O)c1cnc[nH]1. The highest BCUT2D eigenvalue weighted by Gasteiger charge is 2.40. The number of piperidine rings is 1. The molecule has 2 atom stereocenters. The minimum Gasteiger partial charge on any atom is -0.494 e. The van der Waals surface area contributed by atoms with E-state index in [1.165, 1.54) is 12.5 Å². The zero-order valence-corrected chi connectivity index (χ0v) is 16.3. The van der Waals surface area contributed by atoms with Crippen LogP contribution in [0.3, 0.4) is 0 Å². The number of hydrogen-bond donors (Lipinski definition) is 5. The summed E-state index contributed by atoms with van der Waals surface area (Å²) in [6.45, 7) is 2.11.